The molecule has 3 heteroatoms. The van der Waals surface area contributed by atoms with E-state index in [2.05, 4.69) is 4.85 Å². The van der Waals surface area contributed by atoms with Crippen molar-refractivity contribution in [2.24, 2.45) is 0 Å². The van der Waals surface area contributed by atoms with E-state index >= 15 is 0 Å². The standard InChI is InChI=1S/C11H8N2O/c1-8(14)9-4-3-5-10(6-9)11(7-12)13-2/h3-6,11H,1H3. The molecule has 68 valence electrons. The minimum Gasteiger partial charge on any atom is -0.295 e. The molecule has 0 saturated carbocycles. The highest BCUT2D eigenvalue weighted by Gasteiger charge is 2.14. The molecule has 0 bridgehead atoms. The van der Waals surface area contributed by atoms with Crippen molar-refractivity contribution >= 4 is 5.78 Å². The molecule has 3 nitrogen and oxygen atoms in total. The number of nitriles is 1. The molecule has 1 aromatic carbocycles. The van der Waals surface area contributed by atoms with Crippen LogP contribution in [-0.4, -0.2) is 5.78 Å². The van der Waals surface area contributed by atoms with Gasteiger partial charge >= 0.3 is 6.04 Å². The summed E-state index contributed by atoms with van der Waals surface area (Å²) in [5.41, 5.74) is 1.11. The van der Waals surface area contributed by atoms with Crippen molar-refractivity contribution < 1.29 is 4.79 Å². The van der Waals surface area contributed by atoms with Crippen LogP contribution < -0.4 is 0 Å². The van der Waals surface area contributed by atoms with Gasteiger partial charge < -0.3 is 0 Å². The summed E-state index contributed by atoms with van der Waals surface area (Å²) in [6.45, 7) is 8.25. The summed E-state index contributed by atoms with van der Waals surface area (Å²) in [6, 6.07) is 7.68. The van der Waals surface area contributed by atoms with Crippen LogP contribution in [0.4, 0.5) is 0 Å². The number of Topliss-reactive ketones (excluding diaryl/α,β-unsaturated/α-hetero) is 1. The van der Waals surface area contributed by atoms with Gasteiger partial charge in [0.1, 0.15) is 0 Å². The molecule has 0 N–H and O–H groups in total. The van der Waals surface area contributed by atoms with E-state index in [0.717, 1.165) is 0 Å². The van der Waals surface area contributed by atoms with E-state index in [4.69, 9.17) is 11.8 Å². The van der Waals surface area contributed by atoms with E-state index in [9.17, 15) is 4.79 Å². The summed E-state index contributed by atoms with van der Waals surface area (Å²) < 4.78 is 0. The first-order chi connectivity index (χ1) is 6.69. The molecule has 0 aliphatic heterocycles. The molecule has 0 aromatic heterocycles. The van der Waals surface area contributed by atoms with Crippen LogP contribution in [0.15, 0.2) is 24.3 Å². The van der Waals surface area contributed by atoms with Crippen LogP contribution in [0.5, 0.6) is 0 Å². The molecule has 1 aromatic rings. The molecule has 14 heavy (non-hydrogen) atoms. The summed E-state index contributed by atoms with van der Waals surface area (Å²) in [6.07, 6.45) is 0. The lowest BCUT2D eigenvalue weighted by Crippen LogP contribution is -1.95. The Balaban J connectivity index is 3.14. The summed E-state index contributed by atoms with van der Waals surface area (Å²) >= 11 is 0. The van der Waals surface area contributed by atoms with E-state index < -0.39 is 6.04 Å². The van der Waals surface area contributed by atoms with Gasteiger partial charge in [-0.2, -0.15) is 5.26 Å². The predicted octanol–water partition coefficient (Wildman–Crippen LogP) is 2.37. The lowest BCUT2D eigenvalue weighted by molar-refractivity contribution is 0.101. The van der Waals surface area contributed by atoms with Crippen molar-refractivity contribution in [3.05, 3.63) is 46.8 Å². The van der Waals surface area contributed by atoms with Gasteiger partial charge in [0.05, 0.1) is 0 Å². The molecule has 1 unspecified atom stereocenters. The summed E-state index contributed by atoms with van der Waals surface area (Å²) in [7, 11) is 0. The highest BCUT2D eigenvalue weighted by molar-refractivity contribution is 5.94. The third-order valence-electron chi connectivity index (χ3n) is 1.86. The van der Waals surface area contributed by atoms with Crippen molar-refractivity contribution in [2.75, 3.05) is 0 Å². The SMILES string of the molecule is [C-]#[N+]C(C#N)c1cccc(C(C)=O)c1. The molecule has 0 aliphatic carbocycles. The highest BCUT2D eigenvalue weighted by Crippen LogP contribution is 2.17. The molecule has 0 spiro atoms. The molecule has 0 radical (unpaired) electrons. The van der Waals surface area contributed by atoms with Crippen LogP contribution in [0.25, 0.3) is 4.85 Å². The zero-order chi connectivity index (χ0) is 10.6. The van der Waals surface area contributed by atoms with Gasteiger partial charge in [0.2, 0.25) is 0 Å². The Morgan fingerprint density at radius 2 is 2.36 bits per heavy atom. The number of nitrogens with zero attached hydrogens (tertiary/aromatic N) is 2. The third kappa shape index (κ3) is 1.97. The van der Waals surface area contributed by atoms with Crippen molar-refractivity contribution in [1.82, 2.24) is 0 Å². The normalized spacial score (nSPS) is 11.1. The van der Waals surface area contributed by atoms with E-state index in [-0.39, 0.29) is 5.78 Å². The number of carbonyl (C=O) groups excluding carboxylic acids is 1. The van der Waals surface area contributed by atoms with Gasteiger partial charge in [-0.1, -0.05) is 18.2 Å². The summed E-state index contributed by atoms with van der Waals surface area (Å²) in [5.74, 6) is -0.0616. The van der Waals surface area contributed by atoms with E-state index in [1.165, 1.54) is 6.92 Å². The Bertz CT molecular complexity index is 423. The van der Waals surface area contributed by atoms with Gasteiger partial charge in [0, 0.05) is 11.1 Å². The van der Waals surface area contributed by atoms with Crippen molar-refractivity contribution in [1.29, 1.82) is 5.26 Å². The molecule has 0 fully saturated rings. The molecule has 0 amide bonds. The molecular weight excluding hydrogens is 176 g/mol. The first kappa shape index (κ1) is 9.95. The van der Waals surface area contributed by atoms with Crippen molar-refractivity contribution in [3.8, 4) is 6.07 Å². The van der Waals surface area contributed by atoms with Gasteiger partial charge in [-0.25, -0.2) is 6.57 Å². The van der Waals surface area contributed by atoms with E-state index in [1.807, 2.05) is 6.07 Å². The number of carbonyl (C=O) groups is 1. The minimum atomic E-state index is -0.811. The van der Waals surface area contributed by atoms with Crippen LogP contribution in [-0.2, 0) is 0 Å². The maximum atomic E-state index is 11.0. The molecule has 0 saturated heterocycles. The van der Waals surface area contributed by atoms with Crippen molar-refractivity contribution in [3.63, 3.8) is 0 Å². The number of rotatable bonds is 2. The summed E-state index contributed by atoms with van der Waals surface area (Å²) in [4.78, 5) is 14.2. The predicted molar refractivity (Wildman–Crippen MR) is 51.4 cm³/mol. The zero-order valence-electron chi connectivity index (χ0n) is 7.69. The van der Waals surface area contributed by atoms with Crippen LogP contribution in [0, 0.1) is 17.9 Å². The highest BCUT2D eigenvalue weighted by atomic mass is 16.1. The van der Waals surface area contributed by atoms with Gasteiger partial charge in [-0.3, -0.25) is 9.64 Å². The van der Waals surface area contributed by atoms with Gasteiger partial charge in [-0.05, 0) is 13.0 Å². The smallest absolute Gasteiger partial charge is 0.295 e. The van der Waals surface area contributed by atoms with Gasteiger partial charge in [0.25, 0.3) is 0 Å². The topological polar surface area (TPSA) is 45.2 Å². The fourth-order valence-corrected chi connectivity index (χ4v) is 1.11. The second kappa shape index (κ2) is 4.20. The minimum absolute atomic E-state index is 0.0616. The number of hydrogen-bond donors (Lipinski definition) is 0. The number of ketones is 1. The average molecular weight is 184 g/mol. The maximum Gasteiger partial charge on any atom is 0.332 e. The first-order valence-electron chi connectivity index (χ1n) is 4.06. The fraction of sp³-hybridized carbons (Fsp3) is 0.182. The van der Waals surface area contributed by atoms with Crippen LogP contribution in [0.3, 0.4) is 0 Å². The maximum absolute atomic E-state index is 11.0. The lowest BCUT2D eigenvalue weighted by atomic mass is 10.0. The van der Waals surface area contributed by atoms with Gasteiger partial charge in [-0.15, -0.1) is 0 Å². The average Bonchev–Trinajstić information content (AvgIpc) is 2.20. The molecule has 0 aliphatic rings. The van der Waals surface area contributed by atoms with E-state index in [1.54, 1.807) is 24.3 Å². The molecular formula is C11H8N2O. The Kier molecular flexibility index (Phi) is 2.99. The van der Waals surface area contributed by atoms with Crippen LogP contribution in [0.1, 0.15) is 28.9 Å². The Morgan fingerprint density at radius 1 is 1.64 bits per heavy atom. The van der Waals surface area contributed by atoms with Crippen LogP contribution in [0.2, 0.25) is 0 Å². The molecule has 1 rings (SSSR count). The fourth-order valence-electron chi connectivity index (χ4n) is 1.11. The lowest BCUT2D eigenvalue weighted by Gasteiger charge is -1.99. The molecule has 1 atom stereocenters. The number of benzene rings is 1. The molecule has 0 heterocycles. The monoisotopic (exact) mass is 184 g/mol. The second-order valence-electron chi connectivity index (χ2n) is 2.84. The quantitative estimate of drug-likeness (QED) is 0.523. The largest absolute Gasteiger partial charge is 0.332 e. The Labute approximate surface area is 82.4 Å². The zero-order valence-corrected chi connectivity index (χ0v) is 7.69. The van der Waals surface area contributed by atoms with E-state index in [0.29, 0.717) is 11.1 Å². The second-order valence-corrected chi connectivity index (χ2v) is 2.84. The van der Waals surface area contributed by atoms with Gasteiger partial charge in [0.15, 0.2) is 11.9 Å². The van der Waals surface area contributed by atoms with Crippen LogP contribution >= 0.6 is 0 Å². The van der Waals surface area contributed by atoms with Crippen molar-refractivity contribution in [2.45, 2.75) is 13.0 Å². The Hall–Kier alpha value is -2.13. The third-order valence-corrected chi connectivity index (χ3v) is 1.86. The Morgan fingerprint density at radius 3 is 2.86 bits per heavy atom. The number of hydrogen-bond acceptors (Lipinski definition) is 2. The summed E-state index contributed by atoms with van der Waals surface area (Å²) in [5, 5.41) is 8.66. The first-order valence-corrected chi connectivity index (χ1v) is 4.06.